The van der Waals surface area contributed by atoms with E-state index < -0.39 is 0 Å². The van der Waals surface area contributed by atoms with E-state index in [2.05, 4.69) is 28.2 Å². The van der Waals surface area contributed by atoms with Crippen molar-refractivity contribution in [3.8, 4) is 5.69 Å². The normalized spacial score (nSPS) is 20.3. The molecule has 1 aromatic heterocycles. The van der Waals surface area contributed by atoms with Crippen molar-refractivity contribution in [1.29, 1.82) is 0 Å². The Bertz CT molecular complexity index is 724. The van der Waals surface area contributed by atoms with Crippen molar-refractivity contribution in [3.63, 3.8) is 0 Å². The molecule has 2 heterocycles. The van der Waals surface area contributed by atoms with Gasteiger partial charge in [-0.1, -0.05) is 19.4 Å². The Morgan fingerprint density at radius 1 is 1.33 bits per heavy atom. The zero-order valence-corrected chi connectivity index (χ0v) is 14.5. The minimum atomic E-state index is -0.195. The first-order chi connectivity index (χ1) is 11.6. The SMILES string of the molecule is CCCC1CC(C(=O)Nc2cccc(-n3nc(C)cc3C)c2)NN1. The number of rotatable bonds is 5. The fraction of sp³-hybridized carbons (Fsp3) is 0.444. The quantitative estimate of drug-likeness (QED) is 0.789. The summed E-state index contributed by atoms with van der Waals surface area (Å²) in [7, 11) is 0. The summed E-state index contributed by atoms with van der Waals surface area (Å²) >= 11 is 0. The maximum absolute atomic E-state index is 12.4. The van der Waals surface area contributed by atoms with Crippen molar-refractivity contribution in [1.82, 2.24) is 20.6 Å². The van der Waals surface area contributed by atoms with E-state index in [1.54, 1.807) is 0 Å². The first-order valence-electron chi connectivity index (χ1n) is 8.52. The van der Waals surface area contributed by atoms with Gasteiger partial charge >= 0.3 is 0 Å². The van der Waals surface area contributed by atoms with Crippen LogP contribution >= 0.6 is 0 Å². The molecule has 3 rings (SSSR count). The molecule has 1 aliphatic heterocycles. The minimum Gasteiger partial charge on any atom is -0.325 e. The summed E-state index contributed by atoms with van der Waals surface area (Å²) in [5.74, 6) is -0.00776. The number of amides is 1. The fourth-order valence-corrected chi connectivity index (χ4v) is 3.17. The van der Waals surface area contributed by atoms with Crippen molar-refractivity contribution < 1.29 is 4.79 Å². The van der Waals surface area contributed by atoms with Gasteiger partial charge in [0.05, 0.1) is 11.4 Å². The summed E-state index contributed by atoms with van der Waals surface area (Å²) in [5.41, 5.74) is 10.1. The molecule has 0 radical (unpaired) electrons. The van der Waals surface area contributed by atoms with Gasteiger partial charge < -0.3 is 5.32 Å². The maximum atomic E-state index is 12.4. The van der Waals surface area contributed by atoms with Gasteiger partial charge in [0.2, 0.25) is 5.91 Å². The van der Waals surface area contributed by atoms with E-state index in [0.29, 0.717) is 6.04 Å². The van der Waals surface area contributed by atoms with Crippen molar-refractivity contribution in [2.24, 2.45) is 0 Å². The Morgan fingerprint density at radius 3 is 2.88 bits per heavy atom. The zero-order chi connectivity index (χ0) is 17.1. The monoisotopic (exact) mass is 327 g/mol. The second kappa shape index (κ2) is 7.15. The number of benzene rings is 1. The third-order valence-electron chi connectivity index (χ3n) is 4.30. The predicted octanol–water partition coefficient (Wildman–Crippen LogP) is 2.46. The van der Waals surface area contributed by atoms with Gasteiger partial charge in [-0.15, -0.1) is 0 Å². The molecule has 1 saturated heterocycles. The summed E-state index contributed by atoms with van der Waals surface area (Å²) < 4.78 is 1.89. The smallest absolute Gasteiger partial charge is 0.242 e. The van der Waals surface area contributed by atoms with Crippen LogP contribution in [0.1, 0.15) is 37.6 Å². The summed E-state index contributed by atoms with van der Waals surface area (Å²) in [6.45, 7) is 6.15. The third kappa shape index (κ3) is 3.66. The van der Waals surface area contributed by atoms with Crippen LogP contribution < -0.4 is 16.2 Å². The Morgan fingerprint density at radius 2 is 2.17 bits per heavy atom. The Balaban J connectivity index is 1.69. The number of carbonyl (C=O) groups is 1. The van der Waals surface area contributed by atoms with E-state index >= 15 is 0 Å². The van der Waals surface area contributed by atoms with Gasteiger partial charge in [-0.05, 0) is 51.0 Å². The first-order valence-corrected chi connectivity index (χ1v) is 8.52. The second-order valence-electron chi connectivity index (χ2n) is 6.44. The van der Waals surface area contributed by atoms with Crippen LogP contribution in [0.5, 0.6) is 0 Å². The summed E-state index contributed by atoms with van der Waals surface area (Å²) in [5, 5.41) is 7.49. The van der Waals surface area contributed by atoms with E-state index in [9.17, 15) is 4.79 Å². The molecule has 1 aliphatic rings. The summed E-state index contributed by atoms with van der Waals surface area (Å²) in [6.07, 6.45) is 3.00. The van der Waals surface area contributed by atoms with E-state index in [1.807, 2.05) is 48.9 Å². The highest BCUT2D eigenvalue weighted by Crippen LogP contribution is 2.18. The third-order valence-corrected chi connectivity index (χ3v) is 4.30. The molecule has 0 saturated carbocycles. The fourth-order valence-electron chi connectivity index (χ4n) is 3.17. The highest BCUT2D eigenvalue weighted by Gasteiger charge is 2.28. The van der Waals surface area contributed by atoms with Gasteiger partial charge in [-0.3, -0.25) is 10.2 Å². The van der Waals surface area contributed by atoms with Gasteiger partial charge in [0, 0.05) is 17.4 Å². The lowest BCUT2D eigenvalue weighted by molar-refractivity contribution is -0.117. The van der Waals surface area contributed by atoms with Crippen molar-refractivity contribution >= 4 is 11.6 Å². The van der Waals surface area contributed by atoms with Gasteiger partial charge in [0.25, 0.3) is 0 Å². The van der Waals surface area contributed by atoms with Crippen LogP contribution in [0, 0.1) is 13.8 Å². The molecular formula is C18H25N5O. The van der Waals surface area contributed by atoms with Gasteiger partial charge in [-0.2, -0.15) is 5.10 Å². The van der Waals surface area contributed by atoms with Gasteiger partial charge in [0.1, 0.15) is 6.04 Å². The molecule has 2 atom stereocenters. The topological polar surface area (TPSA) is 71.0 Å². The summed E-state index contributed by atoms with van der Waals surface area (Å²) in [6, 6.07) is 9.98. The minimum absolute atomic E-state index is 0.00776. The Kier molecular flexibility index (Phi) is 4.97. The zero-order valence-electron chi connectivity index (χ0n) is 14.5. The molecule has 128 valence electrons. The molecule has 1 fully saturated rings. The molecule has 1 amide bonds. The molecule has 0 aliphatic carbocycles. The van der Waals surface area contributed by atoms with Crippen molar-refractivity contribution in [2.45, 2.75) is 52.1 Å². The first kappa shape index (κ1) is 16.7. The number of anilines is 1. The molecule has 2 unspecified atom stereocenters. The number of nitrogens with one attached hydrogen (secondary N) is 3. The predicted molar refractivity (Wildman–Crippen MR) is 95.0 cm³/mol. The largest absolute Gasteiger partial charge is 0.325 e. The lowest BCUT2D eigenvalue weighted by atomic mass is 10.1. The molecule has 6 nitrogen and oxygen atoms in total. The van der Waals surface area contributed by atoms with E-state index in [4.69, 9.17) is 0 Å². The number of hydrogen-bond acceptors (Lipinski definition) is 4. The highest BCUT2D eigenvalue weighted by atomic mass is 16.2. The van der Waals surface area contributed by atoms with Crippen LogP contribution in [-0.2, 0) is 4.79 Å². The van der Waals surface area contributed by atoms with Crippen LogP contribution in [0.3, 0.4) is 0 Å². The molecule has 6 heteroatoms. The number of carbonyl (C=O) groups excluding carboxylic acids is 1. The Hall–Kier alpha value is -2.18. The molecule has 2 aromatic rings. The number of aryl methyl sites for hydroxylation is 2. The van der Waals surface area contributed by atoms with Gasteiger partial charge in [-0.25, -0.2) is 10.1 Å². The van der Waals surface area contributed by atoms with Crippen LogP contribution in [0.2, 0.25) is 0 Å². The number of nitrogens with zero attached hydrogens (tertiary/aromatic N) is 2. The summed E-state index contributed by atoms with van der Waals surface area (Å²) in [4.78, 5) is 12.4. The molecule has 24 heavy (non-hydrogen) atoms. The van der Waals surface area contributed by atoms with Crippen molar-refractivity contribution in [3.05, 3.63) is 41.7 Å². The number of hydrazine groups is 1. The highest BCUT2D eigenvalue weighted by molar-refractivity contribution is 5.95. The second-order valence-corrected chi connectivity index (χ2v) is 6.44. The lowest BCUT2D eigenvalue weighted by Crippen LogP contribution is -2.40. The van der Waals surface area contributed by atoms with Crippen LogP contribution in [0.4, 0.5) is 5.69 Å². The van der Waals surface area contributed by atoms with E-state index in [0.717, 1.165) is 42.0 Å². The van der Waals surface area contributed by atoms with Crippen LogP contribution in [-0.4, -0.2) is 27.8 Å². The lowest BCUT2D eigenvalue weighted by Gasteiger charge is -2.12. The van der Waals surface area contributed by atoms with Crippen LogP contribution in [0.15, 0.2) is 30.3 Å². The van der Waals surface area contributed by atoms with Crippen LogP contribution in [0.25, 0.3) is 5.69 Å². The maximum Gasteiger partial charge on any atom is 0.242 e. The molecular weight excluding hydrogens is 302 g/mol. The van der Waals surface area contributed by atoms with E-state index in [-0.39, 0.29) is 11.9 Å². The molecule has 1 aromatic carbocycles. The Labute approximate surface area is 142 Å². The molecule has 0 bridgehead atoms. The average molecular weight is 327 g/mol. The number of hydrogen-bond donors (Lipinski definition) is 3. The van der Waals surface area contributed by atoms with E-state index in [1.165, 1.54) is 0 Å². The van der Waals surface area contributed by atoms with Crippen molar-refractivity contribution in [2.75, 3.05) is 5.32 Å². The van der Waals surface area contributed by atoms with Gasteiger partial charge in [0.15, 0.2) is 0 Å². The molecule has 3 N–H and O–H groups in total. The number of aromatic nitrogens is 2. The molecule has 0 spiro atoms. The average Bonchev–Trinajstić information content (AvgIpc) is 3.14. The standard InChI is InChI=1S/C18H25N5O/c1-4-6-15-11-17(21-20-15)18(24)19-14-7-5-8-16(10-14)23-13(3)9-12(2)22-23/h5,7-10,15,17,20-21H,4,6,11H2,1-3H3,(H,19,24).